The SMILES string of the molecule is CCc1cc(=O)[nH]c(C2CCCN(Cc3ccccc3OC)C2)n1. The molecule has 2 heterocycles. The monoisotopic (exact) mass is 327 g/mol. The number of ether oxygens (including phenoxy) is 1. The number of nitrogens with zero attached hydrogens (tertiary/aromatic N) is 2. The van der Waals surface area contributed by atoms with E-state index in [1.54, 1.807) is 13.2 Å². The van der Waals surface area contributed by atoms with Crippen LogP contribution in [0.5, 0.6) is 5.75 Å². The number of aromatic nitrogens is 2. The van der Waals surface area contributed by atoms with Crippen molar-refractivity contribution in [2.45, 2.75) is 38.6 Å². The number of rotatable bonds is 5. The van der Waals surface area contributed by atoms with Crippen molar-refractivity contribution in [1.29, 1.82) is 0 Å². The fraction of sp³-hybridized carbons (Fsp3) is 0.474. The van der Waals surface area contributed by atoms with Gasteiger partial charge in [-0.3, -0.25) is 9.69 Å². The van der Waals surface area contributed by atoms with Crippen LogP contribution in [0.3, 0.4) is 0 Å². The molecule has 0 radical (unpaired) electrons. The molecular weight excluding hydrogens is 302 g/mol. The number of benzene rings is 1. The highest BCUT2D eigenvalue weighted by Crippen LogP contribution is 2.27. The van der Waals surface area contributed by atoms with Gasteiger partial charge in [0.15, 0.2) is 0 Å². The zero-order valence-corrected chi connectivity index (χ0v) is 14.4. The van der Waals surface area contributed by atoms with Gasteiger partial charge in [0.05, 0.1) is 7.11 Å². The van der Waals surface area contributed by atoms with Crippen molar-refractivity contribution >= 4 is 0 Å². The van der Waals surface area contributed by atoms with Gasteiger partial charge in [0.25, 0.3) is 5.56 Å². The maximum Gasteiger partial charge on any atom is 0.251 e. The number of aryl methyl sites for hydroxylation is 1. The third kappa shape index (κ3) is 3.85. The molecule has 5 heteroatoms. The van der Waals surface area contributed by atoms with Crippen LogP contribution in [0.15, 0.2) is 35.1 Å². The standard InChI is InChI=1S/C19H25N3O2/c1-3-16-11-18(23)21-19(20-16)15-8-6-10-22(13-15)12-14-7-4-5-9-17(14)24-2/h4-5,7,9,11,15H,3,6,8,10,12-13H2,1-2H3,(H,20,21,23). The highest BCUT2D eigenvalue weighted by Gasteiger charge is 2.24. The molecule has 1 fully saturated rings. The summed E-state index contributed by atoms with van der Waals surface area (Å²) in [6, 6.07) is 9.75. The first kappa shape index (κ1) is 16.7. The number of hydrogen-bond acceptors (Lipinski definition) is 4. The molecule has 5 nitrogen and oxygen atoms in total. The summed E-state index contributed by atoms with van der Waals surface area (Å²) in [6.07, 6.45) is 2.97. The highest BCUT2D eigenvalue weighted by molar-refractivity contribution is 5.33. The second kappa shape index (κ2) is 7.62. The molecule has 0 aliphatic carbocycles. The molecule has 2 aromatic rings. The zero-order chi connectivity index (χ0) is 16.9. The summed E-state index contributed by atoms with van der Waals surface area (Å²) < 4.78 is 5.46. The van der Waals surface area contributed by atoms with E-state index in [9.17, 15) is 4.79 Å². The largest absolute Gasteiger partial charge is 0.496 e. The minimum absolute atomic E-state index is 0.0429. The van der Waals surface area contributed by atoms with Crippen LogP contribution in [-0.4, -0.2) is 35.1 Å². The summed E-state index contributed by atoms with van der Waals surface area (Å²) in [5.74, 6) is 2.05. The summed E-state index contributed by atoms with van der Waals surface area (Å²) in [5, 5.41) is 0. The number of aromatic amines is 1. The predicted octanol–water partition coefficient (Wildman–Crippen LogP) is 2.72. The summed E-state index contributed by atoms with van der Waals surface area (Å²) in [4.78, 5) is 21.8. The van der Waals surface area contributed by atoms with Crippen LogP contribution in [0.4, 0.5) is 0 Å². The first-order valence-electron chi connectivity index (χ1n) is 8.64. The summed E-state index contributed by atoms with van der Waals surface area (Å²) >= 11 is 0. The van der Waals surface area contributed by atoms with Crippen molar-refractivity contribution in [2.24, 2.45) is 0 Å². The van der Waals surface area contributed by atoms with Crippen LogP contribution in [0.25, 0.3) is 0 Å². The third-order valence-electron chi connectivity index (χ3n) is 4.65. The van der Waals surface area contributed by atoms with Gasteiger partial charge in [-0.25, -0.2) is 4.98 Å². The van der Waals surface area contributed by atoms with Gasteiger partial charge < -0.3 is 9.72 Å². The number of H-pyrrole nitrogens is 1. The molecule has 3 rings (SSSR count). The average molecular weight is 327 g/mol. The maximum atomic E-state index is 11.8. The Kier molecular flexibility index (Phi) is 5.30. The Bertz CT molecular complexity index is 741. The number of likely N-dealkylation sites (tertiary alicyclic amines) is 1. The Hall–Kier alpha value is -2.14. The molecule has 0 bridgehead atoms. The molecule has 1 unspecified atom stereocenters. The summed E-state index contributed by atoms with van der Waals surface area (Å²) in [7, 11) is 1.71. The quantitative estimate of drug-likeness (QED) is 0.917. The summed E-state index contributed by atoms with van der Waals surface area (Å²) in [6.45, 7) is 4.86. The van der Waals surface area contributed by atoms with Gasteiger partial charge >= 0.3 is 0 Å². The third-order valence-corrected chi connectivity index (χ3v) is 4.65. The molecule has 1 aliphatic rings. The van der Waals surface area contributed by atoms with Gasteiger partial charge in [0.2, 0.25) is 0 Å². The molecule has 1 N–H and O–H groups in total. The second-order valence-corrected chi connectivity index (χ2v) is 6.36. The molecule has 0 saturated carbocycles. The van der Waals surface area contributed by atoms with E-state index in [-0.39, 0.29) is 11.5 Å². The van der Waals surface area contributed by atoms with E-state index in [0.29, 0.717) is 0 Å². The van der Waals surface area contributed by atoms with Crippen molar-refractivity contribution in [1.82, 2.24) is 14.9 Å². The van der Waals surface area contributed by atoms with E-state index in [2.05, 4.69) is 20.9 Å². The highest BCUT2D eigenvalue weighted by atomic mass is 16.5. The maximum absolute atomic E-state index is 11.8. The van der Waals surface area contributed by atoms with Crippen LogP contribution in [0.2, 0.25) is 0 Å². The molecule has 1 aromatic carbocycles. The van der Waals surface area contributed by atoms with E-state index >= 15 is 0 Å². The smallest absolute Gasteiger partial charge is 0.251 e. The van der Waals surface area contributed by atoms with Crippen molar-refractivity contribution in [3.05, 3.63) is 57.8 Å². The molecule has 1 aromatic heterocycles. The number of para-hydroxylation sites is 1. The van der Waals surface area contributed by atoms with Gasteiger partial charge in [-0.15, -0.1) is 0 Å². The van der Waals surface area contributed by atoms with E-state index in [4.69, 9.17) is 4.74 Å². The Morgan fingerprint density at radius 1 is 1.38 bits per heavy atom. The Balaban J connectivity index is 1.75. The van der Waals surface area contributed by atoms with E-state index in [1.165, 1.54) is 5.56 Å². The van der Waals surface area contributed by atoms with Gasteiger partial charge in [-0.05, 0) is 31.9 Å². The Morgan fingerprint density at radius 2 is 2.21 bits per heavy atom. The van der Waals surface area contributed by atoms with Gasteiger partial charge in [0, 0.05) is 36.3 Å². The zero-order valence-electron chi connectivity index (χ0n) is 14.4. The molecule has 0 amide bonds. The number of piperidine rings is 1. The average Bonchev–Trinajstić information content (AvgIpc) is 2.62. The lowest BCUT2D eigenvalue weighted by atomic mass is 9.96. The normalized spacial score (nSPS) is 18.5. The molecule has 24 heavy (non-hydrogen) atoms. The van der Waals surface area contributed by atoms with Crippen LogP contribution in [-0.2, 0) is 13.0 Å². The molecule has 128 valence electrons. The number of nitrogens with one attached hydrogen (secondary N) is 1. The molecular formula is C19H25N3O2. The van der Waals surface area contributed by atoms with Gasteiger partial charge in [0.1, 0.15) is 11.6 Å². The van der Waals surface area contributed by atoms with Gasteiger partial charge in [-0.2, -0.15) is 0 Å². The molecule has 1 aliphatic heterocycles. The first-order valence-corrected chi connectivity index (χ1v) is 8.64. The second-order valence-electron chi connectivity index (χ2n) is 6.36. The number of hydrogen-bond donors (Lipinski definition) is 1. The first-order chi connectivity index (χ1) is 11.7. The van der Waals surface area contributed by atoms with Crippen LogP contribution >= 0.6 is 0 Å². The van der Waals surface area contributed by atoms with Crippen LogP contribution in [0.1, 0.15) is 42.8 Å². The van der Waals surface area contributed by atoms with E-state index < -0.39 is 0 Å². The fourth-order valence-electron chi connectivity index (χ4n) is 3.40. The molecule has 1 saturated heterocycles. The predicted molar refractivity (Wildman–Crippen MR) is 94.5 cm³/mol. The minimum Gasteiger partial charge on any atom is -0.496 e. The Morgan fingerprint density at radius 3 is 3.00 bits per heavy atom. The van der Waals surface area contributed by atoms with Gasteiger partial charge in [-0.1, -0.05) is 25.1 Å². The fourth-order valence-corrected chi connectivity index (χ4v) is 3.40. The van der Waals surface area contributed by atoms with Crippen molar-refractivity contribution < 1.29 is 4.74 Å². The lowest BCUT2D eigenvalue weighted by molar-refractivity contribution is 0.194. The van der Waals surface area contributed by atoms with Crippen LogP contribution < -0.4 is 10.3 Å². The topological polar surface area (TPSA) is 58.2 Å². The van der Waals surface area contributed by atoms with E-state index in [0.717, 1.165) is 56.2 Å². The molecule has 1 atom stereocenters. The lowest BCUT2D eigenvalue weighted by Crippen LogP contribution is -2.35. The van der Waals surface area contributed by atoms with Crippen molar-refractivity contribution in [3.8, 4) is 5.75 Å². The Labute approximate surface area is 142 Å². The van der Waals surface area contributed by atoms with Crippen molar-refractivity contribution in [3.63, 3.8) is 0 Å². The molecule has 0 spiro atoms. The number of methoxy groups -OCH3 is 1. The van der Waals surface area contributed by atoms with Crippen molar-refractivity contribution in [2.75, 3.05) is 20.2 Å². The lowest BCUT2D eigenvalue weighted by Gasteiger charge is -2.32. The van der Waals surface area contributed by atoms with E-state index in [1.807, 2.05) is 25.1 Å². The summed E-state index contributed by atoms with van der Waals surface area (Å²) in [5.41, 5.74) is 2.03. The minimum atomic E-state index is -0.0429. The van der Waals surface area contributed by atoms with Crippen LogP contribution in [0, 0.1) is 0 Å².